The van der Waals surface area contributed by atoms with Gasteiger partial charge in [0.2, 0.25) is 0 Å². The predicted octanol–water partition coefficient (Wildman–Crippen LogP) is 6.25. The molecule has 3 aliphatic rings. The summed E-state index contributed by atoms with van der Waals surface area (Å²) in [7, 11) is 0. The minimum atomic E-state index is -0.648. The highest BCUT2D eigenvalue weighted by Crippen LogP contribution is 2.38. The third-order valence-corrected chi connectivity index (χ3v) is 9.83. The van der Waals surface area contributed by atoms with Gasteiger partial charge in [0.25, 0.3) is 0 Å². The zero-order valence-corrected chi connectivity index (χ0v) is 25.3. The topological polar surface area (TPSA) is 73.3 Å². The van der Waals surface area contributed by atoms with E-state index in [-0.39, 0.29) is 24.1 Å². The molecule has 1 amide bonds. The number of nitrogens with zero attached hydrogens (tertiary/aromatic N) is 3. The van der Waals surface area contributed by atoms with Crippen LogP contribution < -0.4 is 0 Å². The van der Waals surface area contributed by atoms with Crippen LogP contribution >= 0.6 is 0 Å². The molecule has 5 rings (SSSR count). The van der Waals surface area contributed by atoms with Gasteiger partial charge in [-0.2, -0.15) is 0 Å². The molecule has 7 heteroatoms. The molecule has 3 fully saturated rings. The molecule has 2 aliphatic heterocycles. The quantitative estimate of drug-likeness (QED) is 0.342. The van der Waals surface area contributed by atoms with Crippen LogP contribution in [0.5, 0.6) is 0 Å². The van der Waals surface area contributed by atoms with Crippen LogP contribution in [0.1, 0.15) is 75.3 Å². The number of carbonyl (C=O) groups excluding carboxylic acids is 1. The summed E-state index contributed by atoms with van der Waals surface area (Å²) in [5.74, 6) is 0.328. The Labute approximate surface area is 251 Å². The number of amides is 1. The van der Waals surface area contributed by atoms with E-state index in [0.29, 0.717) is 25.0 Å². The van der Waals surface area contributed by atoms with Crippen LogP contribution in [-0.4, -0.2) is 83.2 Å². The van der Waals surface area contributed by atoms with Crippen molar-refractivity contribution in [1.82, 2.24) is 14.7 Å². The van der Waals surface area contributed by atoms with Crippen molar-refractivity contribution in [3.05, 3.63) is 71.8 Å². The zero-order chi connectivity index (χ0) is 29.3. The van der Waals surface area contributed by atoms with Gasteiger partial charge in [0.05, 0.1) is 0 Å². The highest BCUT2D eigenvalue weighted by molar-refractivity contribution is 5.74. The van der Waals surface area contributed by atoms with Crippen molar-refractivity contribution < 1.29 is 19.4 Å². The molecule has 2 heterocycles. The Kier molecular flexibility index (Phi) is 10.9. The maximum absolute atomic E-state index is 13.1. The first-order valence-corrected chi connectivity index (χ1v) is 16.2. The van der Waals surface area contributed by atoms with Crippen LogP contribution in [-0.2, 0) is 16.1 Å². The van der Waals surface area contributed by atoms with Crippen LogP contribution in [0.3, 0.4) is 0 Å². The second-order valence-electron chi connectivity index (χ2n) is 12.7. The lowest BCUT2D eigenvalue weighted by Crippen LogP contribution is -2.49. The maximum Gasteiger partial charge on any atom is 0.410 e. The maximum atomic E-state index is 13.1. The number of rotatable bonds is 11. The normalized spacial score (nSPS) is 23.5. The van der Waals surface area contributed by atoms with E-state index in [1.165, 1.54) is 12.0 Å². The van der Waals surface area contributed by atoms with Gasteiger partial charge in [0.15, 0.2) is 0 Å². The van der Waals surface area contributed by atoms with Gasteiger partial charge in [-0.1, -0.05) is 86.8 Å². The van der Waals surface area contributed by atoms with Crippen molar-refractivity contribution in [1.29, 1.82) is 0 Å². The summed E-state index contributed by atoms with van der Waals surface area (Å²) < 4.78 is 5.72. The molecule has 42 heavy (non-hydrogen) atoms. The van der Waals surface area contributed by atoms with Gasteiger partial charge in [-0.25, -0.2) is 4.79 Å². The molecule has 7 nitrogen and oxygen atoms in total. The number of benzene rings is 2. The van der Waals surface area contributed by atoms with E-state index >= 15 is 0 Å². The van der Waals surface area contributed by atoms with E-state index in [0.717, 1.165) is 83.2 Å². The molecule has 1 aliphatic carbocycles. The van der Waals surface area contributed by atoms with Crippen LogP contribution in [0.4, 0.5) is 4.79 Å². The van der Waals surface area contributed by atoms with Gasteiger partial charge in [0.1, 0.15) is 12.6 Å². The molecule has 1 saturated carbocycles. The minimum Gasteiger partial charge on any atom is -0.480 e. The number of ether oxygens (including phenoxy) is 1. The van der Waals surface area contributed by atoms with Gasteiger partial charge in [-0.3, -0.25) is 9.69 Å². The van der Waals surface area contributed by atoms with Crippen LogP contribution in [0.25, 0.3) is 0 Å². The number of hydrogen-bond acceptors (Lipinski definition) is 5. The summed E-state index contributed by atoms with van der Waals surface area (Å²) in [5, 5.41) is 10.3. The average molecular weight is 576 g/mol. The smallest absolute Gasteiger partial charge is 0.410 e. The third kappa shape index (κ3) is 7.73. The number of carbonyl (C=O) groups is 2. The fraction of sp³-hybridized carbons (Fsp3) is 0.600. The Morgan fingerprint density at radius 1 is 0.929 bits per heavy atom. The van der Waals surface area contributed by atoms with Crippen molar-refractivity contribution >= 4 is 12.1 Å². The first-order valence-electron chi connectivity index (χ1n) is 16.2. The lowest BCUT2D eigenvalue weighted by atomic mass is 9.83. The molecule has 2 saturated heterocycles. The summed E-state index contributed by atoms with van der Waals surface area (Å²) >= 11 is 0. The fourth-order valence-corrected chi connectivity index (χ4v) is 7.71. The molecule has 0 spiro atoms. The standard InChI is InChI=1S/C35H49N3O4/c1-2-20-38(35(41)42-26-27-12-6-3-7-13-27)31-18-21-36(22-19-31)23-30-24-37(25-32(30)28-14-8-4-9-15-28)33(34(39)40)29-16-10-5-11-17-29/h3-4,6-9,12-15,29-33H,2,5,10-11,16-26H2,1H3,(H,39,40)/t30-,32+,33+/m0/s1. The average Bonchev–Trinajstić information content (AvgIpc) is 3.43. The van der Waals surface area contributed by atoms with E-state index in [9.17, 15) is 14.7 Å². The van der Waals surface area contributed by atoms with Crippen molar-refractivity contribution in [3.63, 3.8) is 0 Å². The van der Waals surface area contributed by atoms with E-state index < -0.39 is 5.97 Å². The highest BCUT2D eigenvalue weighted by Gasteiger charge is 2.43. The number of aliphatic carboxylic acids is 1. The Morgan fingerprint density at radius 3 is 2.24 bits per heavy atom. The molecular weight excluding hydrogens is 526 g/mol. The number of likely N-dealkylation sites (tertiary alicyclic amines) is 2. The fourth-order valence-electron chi connectivity index (χ4n) is 7.71. The predicted molar refractivity (Wildman–Crippen MR) is 165 cm³/mol. The molecule has 0 unspecified atom stereocenters. The highest BCUT2D eigenvalue weighted by atomic mass is 16.6. The van der Waals surface area contributed by atoms with E-state index in [1.54, 1.807) is 0 Å². The summed E-state index contributed by atoms with van der Waals surface area (Å²) in [5.41, 5.74) is 2.33. The zero-order valence-electron chi connectivity index (χ0n) is 25.3. The molecule has 228 valence electrons. The Balaban J connectivity index is 1.21. The molecule has 1 N–H and O–H groups in total. The Morgan fingerprint density at radius 2 is 1.60 bits per heavy atom. The number of carboxylic acids is 1. The van der Waals surface area contributed by atoms with Crippen LogP contribution in [0.15, 0.2) is 60.7 Å². The van der Waals surface area contributed by atoms with Gasteiger partial charge in [-0.05, 0) is 55.1 Å². The van der Waals surface area contributed by atoms with Gasteiger partial charge >= 0.3 is 12.1 Å². The second kappa shape index (κ2) is 15.0. The first kappa shape index (κ1) is 30.6. The van der Waals surface area contributed by atoms with E-state index in [2.05, 4.69) is 47.1 Å². The van der Waals surface area contributed by atoms with Gasteiger partial charge in [0, 0.05) is 51.2 Å². The third-order valence-electron chi connectivity index (χ3n) is 9.83. The lowest BCUT2D eigenvalue weighted by molar-refractivity contribution is -0.145. The van der Waals surface area contributed by atoms with Crippen molar-refractivity contribution in [2.24, 2.45) is 11.8 Å². The molecule has 3 atom stereocenters. The minimum absolute atomic E-state index is 0.192. The molecular formula is C35H49N3O4. The Hall–Kier alpha value is -2.90. The van der Waals surface area contributed by atoms with Gasteiger partial charge < -0.3 is 19.6 Å². The monoisotopic (exact) mass is 575 g/mol. The van der Waals surface area contributed by atoms with Crippen molar-refractivity contribution in [2.75, 3.05) is 39.3 Å². The molecule has 0 bridgehead atoms. The Bertz CT molecular complexity index is 1120. The largest absolute Gasteiger partial charge is 0.480 e. The number of carboxylic acid groups (broad SMARTS) is 1. The second-order valence-corrected chi connectivity index (χ2v) is 12.7. The molecule has 0 radical (unpaired) electrons. The summed E-state index contributed by atoms with van der Waals surface area (Å²) in [6, 6.07) is 20.4. The van der Waals surface area contributed by atoms with Crippen molar-refractivity contribution in [2.45, 2.75) is 82.9 Å². The summed E-state index contributed by atoms with van der Waals surface area (Å²) in [4.78, 5) is 32.5. The van der Waals surface area contributed by atoms with Gasteiger partial charge in [-0.15, -0.1) is 0 Å². The SMILES string of the molecule is CCCN(C(=O)OCc1ccccc1)C1CCN(C[C@H]2CN([C@@H](C(=O)O)C3CCCCC3)C[C@@H]2c2ccccc2)CC1. The first-order chi connectivity index (χ1) is 20.5. The molecule has 2 aromatic rings. The number of hydrogen-bond donors (Lipinski definition) is 1. The summed E-state index contributed by atoms with van der Waals surface area (Å²) in [6.45, 7) is 7.63. The van der Waals surface area contributed by atoms with Crippen LogP contribution in [0.2, 0.25) is 0 Å². The summed E-state index contributed by atoms with van der Waals surface area (Å²) in [6.07, 6.45) is 8.16. The molecule has 0 aromatic heterocycles. The van der Waals surface area contributed by atoms with Crippen molar-refractivity contribution in [3.8, 4) is 0 Å². The lowest BCUT2D eigenvalue weighted by Gasteiger charge is -2.39. The van der Waals surface area contributed by atoms with E-state index in [1.807, 2.05) is 35.2 Å². The van der Waals surface area contributed by atoms with Crippen LogP contribution in [0, 0.1) is 11.8 Å². The number of piperidine rings is 1. The van der Waals surface area contributed by atoms with E-state index in [4.69, 9.17) is 4.74 Å². The molecule has 2 aromatic carbocycles.